The van der Waals surface area contributed by atoms with Crippen LogP contribution in [-0.2, 0) is 28.7 Å². The van der Waals surface area contributed by atoms with Crippen molar-refractivity contribution in [3.63, 3.8) is 0 Å². The second-order valence-electron chi connectivity index (χ2n) is 6.11. The summed E-state index contributed by atoms with van der Waals surface area (Å²) in [7, 11) is 0. The molecule has 4 nitrogen and oxygen atoms in total. The second-order valence-corrected chi connectivity index (χ2v) is 7.67. The van der Waals surface area contributed by atoms with Crippen LogP contribution < -0.4 is 10.6 Å². The van der Waals surface area contributed by atoms with E-state index in [0.29, 0.717) is 19.2 Å². The van der Waals surface area contributed by atoms with Gasteiger partial charge in [0.15, 0.2) is 0 Å². The molecule has 5 heteroatoms. The third kappa shape index (κ3) is 8.01. The first kappa shape index (κ1) is 20.7. The summed E-state index contributed by atoms with van der Waals surface area (Å²) in [4.78, 5) is 21.3. The van der Waals surface area contributed by atoms with Gasteiger partial charge in [0, 0.05) is 12.1 Å². The van der Waals surface area contributed by atoms with Crippen LogP contribution in [-0.4, -0.2) is 24.9 Å². The molecule has 1 fully saturated rings. The zero-order valence-corrected chi connectivity index (χ0v) is 15.6. The first-order valence-electron chi connectivity index (χ1n) is 8.09. The van der Waals surface area contributed by atoms with Crippen molar-refractivity contribution in [3.8, 4) is 0 Å². The number of nitrogens with one attached hydrogen (secondary N) is 2. The van der Waals surface area contributed by atoms with Gasteiger partial charge in [0.1, 0.15) is 0 Å². The summed E-state index contributed by atoms with van der Waals surface area (Å²) in [5.41, 5.74) is 0.281. The Labute approximate surface area is 139 Å². The van der Waals surface area contributed by atoms with E-state index in [0.717, 1.165) is 44.9 Å². The molecule has 0 aliphatic heterocycles. The van der Waals surface area contributed by atoms with Crippen molar-refractivity contribution in [2.45, 2.75) is 81.3 Å². The number of hydrogen-bond acceptors (Lipinski definition) is 2. The van der Waals surface area contributed by atoms with Crippen molar-refractivity contribution < 1.29 is 28.7 Å². The standard InChI is InChI=1S/C14H26N2O2.2CH3.Ti/c1-3-5-14(6-4-2)8-12(15-10-17)7-13(9-14)16-11-18;;;/h10-13H,3-9H2,1-2H3,(H,15,17)(H,16,18);2*1H3;. The van der Waals surface area contributed by atoms with Crippen molar-refractivity contribution in [2.24, 2.45) is 5.41 Å². The molecule has 2 unspecified atom stereocenters. The van der Waals surface area contributed by atoms with E-state index in [4.69, 9.17) is 0 Å². The molecular weight excluding hydrogens is 300 g/mol. The number of amides is 2. The molecule has 0 heterocycles. The van der Waals surface area contributed by atoms with E-state index in [1.54, 1.807) is 0 Å². The van der Waals surface area contributed by atoms with Gasteiger partial charge < -0.3 is 10.6 Å². The number of rotatable bonds is 8. The van der Waals surface area contributed by atoms with Gasteiger partial charge >= 0.3 is 29.6 Å². The molecule has 21 heavy (non-hydrogen) atoms. The van der Waals surface area contributed by atoms with Crippen LogP contribution in [0.15, 0.2) is 0 Å². The fraction of sp³-hybridized carbons (Fsp3) is 0.875. The Balaban J connectivity index is 0.00000122. The van der Waals surface area contributed by atoms with Crippen molar-refractivity contribution in [3.05, 3.63) is 0 Å². The average Bonchev–Trinajstić information content (AvgIpc) is 2.40. The van der Waals surface area contributed by atoms with Gasteiger partial charge in [-0.15, -0.1) is 0 Å². The molecule has 2 amide bonds. The van der Waals surface area contributed by atoms with E-state index in [9.17, 15) is 9.59 Å². The quantitative estimate of drug-likeness (QED) is 0.530. The summed E-state index contributed by atoms with van der Waals surface area (Å²) in [6, 6.07) is 0.401. The van der Waals surface area contributed by atoms with Gasteiger partial charge in [-0.05, 0) is 37.5 Å². The van der Waals surface area contributed by atoms with Crippen molar-refractivity contribution >= 4 is 12.8 Å². The molecule has 0 aromatic rings. The predicted octanol–water partition coefficient (Wildman–Crippen LogP) is 3.15. The maximum absolute atomic E-state index is 10.7. The molecule has 2 atom stereocenters. The van der Waals surface area contributed by atoms with E-state index in [-0.39, 0.29) is 17.5 Å². The second kappa shape index (κ2) is 12.2. The first-order chi connectivity index (χ1) is 10.1. The van der Waals surface area contributed by atoms with Crippen LogP contribution in [0, 0.1) is 5.41 Å². The van der Waals surface area contributed by atoms with E-state index >= 15 is 0 Å². The van der Waals surface area contributed by atoms with Crippen molar-refractivity contribution in [1.29, 1.82) is 0 Å². The Kier molecular flexibility index (Phi) is 12.0. The Bertz CT molecular complexity index is 261. The first-order valence-corrected chi connectivity index (χ1v) is 11.2. The molecule has 1 saturated carbocycles. The summed E-state index contributed by atoms with van der Waals surface area (Å²) in [6.45, 7) is 4.41. The average molecular weight is 332 g/mol. The van der Waals surface area contributed by atoms with Crippen molar-refractivity contribution in [1.82, 2.24) is 10.6 Å². The van der Waals surface area contributed by atoms with Crippen LogP contribution in [0.3, 0.4) is 0 Å². The van der Waals surface area contributed by atoms with Gasteiger partial charge in [0.05, 0.1) is 0 Å². The maximum atomic E-state index is 10.7. The summed E-state index contributed by atoms with van der Waals surface area (Å²) >= 11 is 0.500. The molecular formula is C16H32N2O2Ti. The number of carbonyl (C=O) groups is 2. The molecule has 0 saturated heterocycles. The van der Waals surface area contributed by atoms with E-state index < -0.39 is 0 Å². The summed E-state index contributed by atoms with van der Waals surface area (Å²) in [6.07, 6.45) is 9.18. The Hall–Kier alpha value is -0.346. The monoisotopic (exact) mass is 332 g/mol. The Morgan fingerprint density at radius 2 is 1.38 bits per heavy atom. The predicted molar refractivity (Wildman–Crippen MR) is 83.8 cm³/mol. The molecule has 0 bridgehead atoms. The molecule has 0 aromatic carbocycles. The van der Waals surface area contributed by atoms with Crippen molar-refractivity contribution in [2.75, 3.05) is 0 Å². The third-order valence-electron chi connectivity index (χ3n) is 4.10. The van der Waals surface area contributed by atoms with Gasteiger partial charge in [-0.1, -0.05) is 26.7 Å². The van der Waals surface area contributed by atoms with Crippen LogP contribution in [0.4, 0.5) is 0 Å². The normalized spacial score (nSPS) is 23.2. The summed E-state index contributed by atoms with van der Waals surface area (Å²) in [5, 5.41) is 10.3. The van der Waals surface area contributed by atoms with Crippen LogP contribution >= 0.6 is 0 Å². The zero-order chi connectivity index (χ0) is 16.1. The molecule has 2 N–H and O–H groups in total. The molecule has 1 rings (SSSR count). The van der Waals surface area contributed by atoms with E-state index in [2.05, 4.69) is 34.9 Å². The Morgan fingerprint density at radius 3 is 1.67 bits per heavy atom. The van der Waals surface area contributed by atoms with Gasteiger partial charge in [0.2, 0.25) is 12.8 Å². The summed E-state index contributed by atoms with van der Waals surface area (Å²) in [5.74, 6) is 0. The molecule has 1 aliphatic carbocycles. The van der Waals surface area contributed by atoms with Crippen LogP contribution in [0.25, 0.3) is 0 Å². The summed E-state index contributed by atoms with van der Waals surface area (Å²) < 4.78 is 0. The Morgan fingerprint density at radius 1 is 1.00 bits per heavy atom. The zero-order valence-electron chi connectivity index (χ0n) is 14.1. The van der Waals surface area contributed by atoms with Gasteiger partial charge in [-0.2, -0.15) is 0 Å². The topological polar surface area (TPSA) is 58.2 Å². The minimum absolute atomic E-state index is 0.201. The van der Waals surface area contributed by atoms with Crippen LogP contribution in [0.5, 0.6) is 0 Å². The fourth-order valence-corrected chi connectivity index (χ4v) is 3.68. The third-order valence-corrected chi connectivity index (χ3v) is 4.10. The fourth-order valence-electron chi connectivity index (χ4n) is 3.68. The number of carbonyl (C=O) groups excluding carboxylic acids is 2. The van der Waals surface area contributed by atoms with Gasteiger partial charge in [-0.25, -0.2) is 0 Å². The molecule has 0 aromatic heterocycles. The SMILES string of the molecule is CCCC1(CCC)CC(NC=O)CC(NC=O)C1.[CH3][Ti][CH3]. The van der Waals surface area contributed by atoms with E-state index in [1.807, 2.05) is 0 Å². The molecule has 0 radical (unpaired) electrons. The number of hydrogen-bond donors (Lipinski definition) is 2. The van der Waals surface area contributed by atoms with E-state index in [1.165, 1.54) is 12.8 Å². The molecule has 0 spiro atoms. The molecule has 122 valence electrons. The van der Waals surface area contributed by atoms with Crippen LogP contribution in [0.2, 0.25) is 10.5 Å². The molecule has 1 aliphatic rings. The van der Waals surface area contributed by atoms with Crippen LogP contribution in [0.1, 0.15) is 58.8 Å². The van der Waals surface area contributed by atoms with Gasteiger partial charge in [-0.3, -0.25) is 9.59 Å². The van der Waals surface area contributed by atoms with Gasteiger partial charge in [0.25, 0.3) is 0 Å². The minimum atomic E-state index is 0.201.